The van der Waals surface area contributed by atoms with Crippen molar-refractivity contribution in [2.24, 2.45) is 5.10 Å². The van der Waals surface area contributed by atoms with Gasteiger partial charge in [0.2, 0.25) is 5.82 Å². The van der Waals surface area contributed by atoms with Gasteiger partial charge in [0.25, 0.3) is 0 Å². The number of nitrogens with zero attached hydrogens (tertiary/aromatic N) is 1. The van der Waals surface area contributed by atoms with E-state index in [9.17, 15) is 22.0 Å². The second kappa shape index (κ2) is 6.21. The van der Waals surface area contributed by atoms with Gasteiger partial charge in [-0.3, -0.25) is 5.43 Å². The smallest absolute Gasteiger partial charge is 0.200 e. The Bertz CT molecular complexity index is 689. The number of hydrogen-bond donors (Lipinski definition) is 1. The van der Waals surface area contributed by atoms with E-state index >= 15 is 0 Å². The predicted octanol–water partition coefficient (Wildman–Crippen LogP) is 4.59. The Hall–Kier alpha value is -1.96. The van der Waals surface area contributed by atoms with E-state index in [-0.39, 0.29) is 0 Å². The van der Waals surface area contributed by atoms with Crippen LogP contribution in [0, 0.1) is 29.1 Å². The molecule has 0 amide bonds. The van der Waals surface area contributed by atoms with Gasteiger partial charge in [-0.1, -0.05) is 34.1 Å². The van der Waals surface area contributed by atoms with Crippen molar-refractivity contribution < 1.29 is 22.0 Å². The lowest BCUT2D eigenvalue weighted by Crippen LogP contribution is -2.06. The highest BCUT2D eigenvalue weighted by Gasteiger charge is 2.25. The minimum absolute atomic E-state index is 0.550. The van der Waals surface area contributed by atoms with Crippen LogP contribution in [0.2, 0.25) is 0 Å². The Kier molecular flexibility index (Phi) is 4.56. The Labute approximate surface area is 124 Å². The molecule has 0 heterocycles. The van der Waals surface area contributed by atoms with Gasteiger partial charge in [0.05, 0.1) is 6.21 Å². The average molecular weight is 365 g/mol. The van der Waals surface area contributed by atoms with Crippen molar-refractivity contribution in [2.45, 2.75) is 0 Å². The highest BCUT2D eigenvalue weighted by atomic mass is 79.9. The zero-order chi connectivity index (χ0) is 15.6. The fourth-order valence-electron chi connectivity index (χ4n) is 1.45. The van der Waals surface area contributed by atoms with Crippen LogP contribution in [0.4, 0.5) is 27.6 Å². The van der Waals surface area contributed by atoms with E-state index in [0.717, 1.165) is 0 Å². The molecule has 2 aromatic rings. The molecule has 0 bridgehead atoms. The first-order valence-corrected chi connectivity index (χ1v) is 6.27. The van der Waals surface area contributed by atoms with Crippen LogP contribution in [0.1, 0.15) is 5.56 Å². The number of nitrogens with one attached hydrogen (secondary N) is 1. The molecule has 2 rings (SSSR count). The van der Waals surface area contributed by atoms with E-state index in [1.54, 1.807) is 24.3 Å². The lowest BCUT2D eigenvalue weighted by atomic mass is 10.2. The molecule has 0 fully saturated rings. The molecule has 21 heavy (non-hydrogen) atoms. The molecule has 0 saturated carbocycles. The molecule has 0 saturated heterocycles. The predicted molar refractivity (Wildman–Crippen MR) is 71.6 cm³/mol. The number of hydrogen-bond acceptors (Lipinski definition) is 2. The van der Waals surface area contributed by atoms with Gasteiger partial charge in [-0.25, -0.2) is 22.0 Å². The standard InChI is InChI=1S/C13H6BrF5N2/c14-7-4-2-1-3-6(7)5-20-21-13-11(18)9(16)8(15)10(17)12(13)19/h1-5,21H. The monoisotopic (exact) mass is 364 g/mol. The van der Waals surface area contributed by atoms with Crippen molar-refractivity contribution in [3.05, 3.63) is 63.4 Å². The summed E-state index contributed by atoms with van der Waals surface area (Å²) in [4.78, 5) is 0. The summed E-state index contributed by atoms with van der Waals surface area (Å²) in [5.41, 5.74) is 1.15. The SMILES string of the molecule is Fc1c(F)c(F)c(NN=Cc2ccccc2Br)c(F)c1F. The highest BCUT2D eigenvalue weighted by molar-refractivity contribution is 9.10. The van der Waals surface area contributed by atoms with Gasteiger partial charge in [0.15, 0.2) is 23.3 Å². The molecule has 0 unspecified atom stereocenters. The minimum atomic E-state index is -2.22. The quantitative estimate of drug-likeness (QED) is 0.278. The fourth-order valence-corrected chi connectivity index (χ4v) is 1.84. The van der Waals surface area contributed by atoms with Gasteiger partial charge in [0, 0.05) is 10.0 Å². The molecule has 1 N–H and O–H groups in total. The van der Waals surface area contributed by atoms with Gasteiger partial charge in [-0.05, 0) is 6.07 Å². The number of anilines is 1. The Balaban J connectivity index is 2.31. The summed E-state index contributed by atoms with van der Waals surface area (Å²) >= 11 is 3.21. The molecule has 0 aliphatic heterocycles. The lowest BCUT2D eigenvalue weighted by Gasteiger charge is -2.07. The molecule has 0 aromatic heterocycles. The summed E-state index contributed by atoms with van der Waals surface area (Å²) in [6.07, 6.45) is 1.17. The van der Waals surface area contributed by atoms with Crippen LogP contribution in [0.3, 0.4) is 0 Å². The minimum Gasteiger partial charge on any atom is -0.272 e. The van der Waals surface area contributed by atoms with Crippen molar-refractivity contribution in [2.75, 3.05) is 5.43 Å². The van der Waals surface area contributed by atoms with Crippen LogP contribution >= 0.6 is 15.9 Å². The normalized spacial score (nSPS) is 11.1. The Morgan fingerprint density at radius 2 is 1.38 bits per heavy atom. The topological polar surface area (TPSA) is 24.4 Å². The van der Waals surface area contributed by atoms with Crippen LogP contribution in [0.15, 0.2) is 33.8 Å². The molecule has 8 heteroatoms. The summed E-state index contributed by atoms with van der Waals surface area (Å²) in [5, 5.41) is 3.47. The Morgan fingerprint density at radius 3 is 1.95 bits per heavy atom. The number of benzene rings is 2. The second-order valence-electron chi connectivity index (χ2n) is 3.84. The largest absolute Gasteiger partial charge is 0.272 e. The van der Waals surface area contributed by atoms with E-state index in [1.807, 2.05) is 5.43 Å². The molecular weight excluding hydrogens is 359 g/mol. The van der Waals surface area contributed by atoms with Gasteiger partial charge in [-0.2, -0.15) is 5.10 Å². The Morgan fingerprint density at radius 1 is 0.857 bits per heavy atom. The molecule has 2 nitrogen and oxygen atoms in total. The maximum absolute atomic E-state index is 13.3. The van der Waals surface area contributed by atoms with Crippen molar-refractivity contribution in [3.63, 3.8) is 0 Å². The first-order valence-electron chi connectivity index (χ1n) is 5.48. The average Bonchev–Trinajstić information content (AvgIpc) is 2.48. The van der Waals surface area contributed by atoms with E-state index in [0.29, 0.717) is 10.0 Å². The molecule has 0 spiro atoms. The summed E-state index contributed by atoms with van der Waals surface area (Å²) in [7, 11) is 0. The third-order valence-electron chi connectivity index (χ3n) is 2.50. The first kappa shape index (κ1) is 15.4. The fraction of sp³-hybridized carbons (Fsp3) is 0. The number of hydrazone groups is 1. The van der Waals surface area contributed by atoms with Crippen molar-refractivity contribution in [3.8, 4) is 0 Å². The summed E-state index contributed by atoms with van der Waals surface area (Å²) in [6.45, 7) is 0. The number of rotatable bonds is 3. The molecule has 110 valence electrons. The molecule has 0 aliphatic rings. The van der Waals surface area contributed by atoms with Gasteiger partial charge >= 0.3 is 0 Å². The molecular formula is C13H6BrF5N2. The van der Waals surface area contributed by atoms with Crippen LogP contribution in [0.5, 0.6) is 0 Å². The highest BCUT2D eigenvalue weighted by Crippen LogP contribution is 2.27. The third-order valence-corrected chi connectivity index (χ3v) is 3.22. The molecule has 0 atom stereocenters. The van der Waals surface area contributed by atoms with Gasteiger partial charge in [-0.15, -0.1) is 0 Å². The van der Waals surface area contributed by atoms with E-state index in [2.05, 4.69) is 21.0 Å². The summed E-state index contributed by atoms with van der Waals surface area (Å²) in [6, 6.07) is 6.75. The maximum Gasteiger partial charge on any atom is 0.200 e. The van der Waals surface area contributed by atoms with Crippen LogP contribution in [-0.4, -0.2) is 6.21 Å². The number of halogens is 6. The summed E-state index contributed by atoms with van der Waals surface area (Å²) in [5.74, 6) is -10.2. The van der Waals surface area contributed by atoms with Crippen molar-refractivity contribution >= 4 is 27.8 Å². The van der Waals surface area contributed by atoms with Gasteiger partial charge < -0.3 is 0 Å². The van der Waals surface area contributed by atoms with E-state index < -0.39 is 34.8 Å². The van der Waals surface area contributed by atoms with Crippen LogP contribution < -0.4 is 5.43 Å². The second-order valence-corrected chi connectivity index (χ2v) is 4.69. The van der Waals surface area contributed by atoms with Crippen molar-refractivity contribution in [1.82, 2.24) is 0 Å². The third kappa shape index (κ3) is 3.05. The summed E-state index contributed by atoms with van der Waals surface area (Å²) < 4.78 is 66.1. The molecule has 2 aromatic carbocycles. The molecule has 0 aliphatic carbocycles. The van der Waals surface area contributed by atoms with Crippen LogP contribution in [0.25, 0.3) is 0 Å². The van der Waals surface area contributed by atoms with Gasteiger partial charge in [0.1, 0.15) is 5.69 Å². The zero-order valence-corrected chi connectivity index (χ0v) is 11.7. The maximum atomic E-state index is 13.3. The first-order chi connectivity index (χ1) is 9.93. The van der Waals surface area contributed by atoms with E-state index in [4.69, 9.17) is 0 Å². The zero-order valence-electron chi connectivity index (χ0n) is 10.1. The van der Waals surface area contributed by atoms with Crippen LogP contribution in [-0.2, 0) is 0 Å². The molecule has 0 radical (unpaired) electrons. The van der Waals surface area contributed by atoms with Crippen molar-refractivity contribution in [1.29, 1.82) is 0 Å². The van der Waals surface area contributed by atoms with E-state index in [1.165, 1.54) is 6.21 Å². The lowest BCUT2D eigenvalue weighted by molar-refractivity contribution is 0.381.